The highest BCUT2D eigenvalue weighted by atomic mass is 35.5. The summed E-state index contributed by atoms with van der Waals surface area (Å²) in [5.74, 6) is 0.402. The van der Waals surface area contributed by atoms with Gasteiger partial charge in [-0.1, -0.05) is 48.5 Å². The highest BCUT2D eigenvalue weighted by Gasteiger charge is 2.17. The van der Waals surface area contributed by atoms with E-state index in [1.54, 1.807) is 11.5 Å². The molecular formula is C21H21ClN2O2. The molecule has 134 valence electrons. The molecule has 0 amide bonds. The zero-order chi connectivity index (χ0) is 18.7. The van der Waals surface area contributed by atoms with Crippen LogP contribution < -0.4 is 11.2 Å². The third-order valence-electron chi connectivity index (χ3n) is 4.61. The van der Waals surface area contributed by atoms with Crippen LogP contribution in [-0.4, -0.2) is 15.0 Å². The summed E-state index contributed by atoms with van der Waals surface area (Å²) in [6.45, 7) is 3.89. The largest absolute Gasteiger partial charge is 0.335 e. The summed E-state index contributed by atoms with van der Waals surface area (Å²) in [5, 5.41) is 0. The van der Waals surface area contributed by atoms with E-state index in [1.165, 1.54) is 4.57 Å². The third kappa shape index (κ3) is 3.25. The molecular weight excluding hydrogens is 348 g/mol. The first-order chi connectivity index (χ1) is 12.6. The molecule has 0 saturated heterocycles. The van der Waals surface area contributed by atoms with Crippen molar-refractivity contribution in [2.24, 2.45) is 0 Å². The molecule has 0 unspecified atom stereocenters. The lowest BCUT2D eigenvalue weighted by Crippen LogP contribution is -2.42. The Morgan fingerprint density at radius 2 is 1.58 bits per heavy atom. The Morgan fingerprint density at radius 1 is 0.923 bits per heavy atom. The molecule has 0 bridgehead atoms. The first kappa shape index (κ1) is 18.2. The summed E-state index contributed by atoms with van der Waals surface area (Å²) in [4.78, 5) is 25.7. The predicted molar refractivity (Wildman–Crippen MR) is 107 cm³/mol. The zero-order valence-corrected chi connectivity index (χ0v) is 15.7. The second kappa shape index (κ2) is 7.75. The van der Waals surface area contributed by atoms with Crippen LogP contribution in [0.3, 0.4) is 0 Å². The molecule has 4 nitrogen and oxygen atoms in total. The molecule has 1 aromatic heterocycles. The minimum Gasteiger partial charge on any atom is -0.269 e. The molecule has 2 aromatic carbocycles. The first-order valence-corrected chi connectivity index (χ1v) is 9.13. The van der Waals surface area contributed by atoms with Crippen molar-refractivity contribution in [1.82, 2.24) is 9.13 Å². The van der Waals surface area contributed by atoms with Gasteiger partial charge in [0.05, 0.1) is 5.69 Å². The van der Waals surface area contributed by atoms with Gasteiger partial charge in [0.2, 0.25) is 0 Å². The predicted octanol–water partition coefficient (Wildman–Crippen LogP) is 3.91. The average Bonchev–Trinajstić information content (AvgIpc) is 2.67. The summed E-state index contributed by atoms with van der Waals surface area (Å²) < 4.78 is 2.92. The van der Waals surface area contributed by atoms with Crippen molar-refractivity contribution >= 4 is 11.6 Å². The second-order valence-electron chi connectivity index (χ2n) is 6.21. The summed E-state index contributed by atoms with van der Waals surface area (Å²) in [5.41, 5.74) is 3.39. The van der Waals surface area contributed by atoms with E-state index in [1.807, 2.05) is 61.5 Å². The van der Waals surface area contributed by atoms with Crippen LogP contribution in [0.15, 0.2) is 64.2 Å². The molecule has 1 heterocycles. The maximum Gasteiger partial charge on any atom is 0.335 e. The maximum absolute atomic E-state index is 13.1. The van der Waals surface area contributed by atoms with Crippen LogP contribution in [0.2, 0.25) is 0 Å². The van der Waals surface area contributed by atoms with E-state index in [0.29, 0.717) is 30.1 Å². The fourth-order valence-electron chi connectivity index (χ4n) is 3.11. The number of alkyl halides is 1. The van der Waals surface area contributed by atoms with Gasteiger partial charge in [-0.05, 0) is 31.9 Å². The maximum atomic E-state index is 13.1. The smallest absolute Gasteiger partial charge is 0.269 e. The molecule has 3 aromatic rings. The van der Waals surface area contributed by atoms with Gasteiger partial charge in [0, 0.05) is 29.2 Å². The summed E-state index contributed by atoms with van der Waals surface area (Å²) in [7, 11) is 0. The number of halogens is 1. The van der Waals surface area contributed by atoms with Crippen molar-refractivity contribution in [2.45, 2.75) is 26.8 Å². The number of para-hydroxylation sites is 1. The normalized spacial score (nSPS) is 10.9. The molecule has 0 radical (unpaired) electrons. The number of hydrogen-bond acceptors (Lipinski definition) is 2. The van der Waals surface area contributed by atoms with Gasteiger partial charge in [-0.3, -0.25) is 13.9 Å². The van der Waals surface area contributed by atoms with Gasteiger partial charge in [0.25, 0.3) is 5.56 Å². The molecule has 0 aliphatic rings. The van der Waals surface area contributed by atoms with Gasteiger partial charge < -0.3 is 0 Å². The topological polar surface area (TPSA) is 44.0 Å². The summed E-state index contributed by atoms with van der Waals surface area (Å²) >= 11 is 5.77. The number of benzene rings is 2. The van der Waals surface area contributed by atoms with E-state index in [9.17, 15) is 9.59 Å². The van der Waals surface area contributed by atoms with E-state index in [-0.39, 0.29) is 11.2 Å². The van der Waals surface area contributed by atoms with Crippen LogP contribution in [0.4, 0.5) is 0 Å². The number of hydrogen-bond donors (Lipinski definition) is 0. The molecule has 0 saturated carbocycles. The van der Waals surface area contributed by atoms with Gasteiger partial charge >= 0.3 is 5.69 Å². The van der Waals surface area contributed by atoms with Crippen LogP contribution in [0.25, 0.3) is 16.8 Å². The Labute approximate surface area is 157 Å². The lowest BCUT2D eigenvalue weighted by Gasteiger charge is -2.18. The van der Waals surface area contributed by atoms with E-state index in [2.05, 4.69) is 0 Å². The fourth-order valence-corrected chi connectivity index (χ4v) is 3.22. The van der Waals surface area contributed by atoms with Crippen molar-refractivity contribution in [3.8, 4) is 16.8 Å². The molecule has 0 aliphatic carbocycles. The number of nitrogens with zero attached hydrogens (tertiary/aromatic N) is 2. The highest BCUT2D eigenvalue weighted by Crippen LogP contribution is 2.26. The van der Waals surface area contributed by atoms with Gasteiger partial charge in [0.1, 0.15) is 0 Å². The third-order valence-corrected chi connectivity index (χ3v) is 4.88. The van der Waals surface area contributed by atoms with E-state index in [0.717, 1.165) is 16.8 Å². The standard InChI is InChI=1S/C21H21ClN2O2/c1-15-16(2)24(21(26)23(20(15)25)14-8-13-22)19-12-7-6-11-18(19)17-9-4-3-5-10-17/h3-7,9-12H,8,13-14H2,1-2H3. The molecule has 0 atom stereocenters. The van der Waals surface area contributed by atoms with E-state index < -0.39 is 0 Å². The molecule has 0 fully saturated rings. The SMILES string of the molecule is Cc1c(C)n(-c2ccccc2-c2ccccc2)c(=O)n(CCCCl)c1=O. The molecule has 0 spiro atoms. The first-order valence-electron chi connectivity index (χ1n) is 8.60. The van der Waals surface area contributed by atoms with Crippen molar-refractivity contribution < 1.29 is 0 Å². The van der Waals surface area contributed by atoms with Crippen LogP contribution in [0, 0.1) is 13.8 Å². The van der Waals surface area contributed by atoms with Crippen molar-refractivity contribution in [3.05, 3.63) is 86.7 Å². The Kier molecular flexibility index (Phi) is 5.43. The monoisotopic (exact) mass is 368 g/mol. The average molecular weight is 369 g/mol. The van der Waals surface area contributed by atoms with Crippen LogP contribution in [-0.2, 0) is 6.54 Å². The lowest BCUT2D eigenvalue weighted by molar-refractivity contribution is 0.589. The summed E-state index contributed by atoms with van der Waals surface area (Å²) in [6, 6.07) is 17.7. The van der Waals surface area contributed by atoms with Crippen molar-refractivity contribution in [1.29, 1.82) is 0 Å². The van der Waals surface area contributed by atoms with E-state index in [4.69, 9.17) is 11.6 Å². The molecule has 0 N–H and O–H groups in total. The highest BCUT2D eigenvalue weighted by molar-refractivity contribution is 6.17. The van der Waals surface area contributed by atoms with Crippen molar-refractivity contribution in [2.75, 3.05) is 5.88 Å². The van der Waals surface area contributed by atoms with Gasteiger partial charge in [-0.15, -0.1) is 11.6 Å². The Balaban J connectivity index is 2.31. The summed E-state index contributed by atoms with van der Waals surface area (Å²) in [6.07, 6.45) is 0.569. The Hall–Kier alpha value is -2.59. The van der Waals surface area contributed by atoms with Crippen LogP contribution in [0.5, 0.6) is 0 Å². The minimum absolute atomic E-state index is 0.244. The van der Waals surface area contributed by atoms with Gasteiger partial charge in [-0.2, -0.15) is 0 Å². The quantitative estimate of drug-likeness (QED) is 0.641. The lowest BCUT2D eigenvalue weighted by atomic mass is 10.0. The number of rotatable bonds is 5. The van der Waals surface area contributed by atoms with Crippen LogP contribution >= 0.6 is 11.6 Å². The minimum atomic E-state index is -0.327. The van der Waals surface area contributed by atoms with Crippen molar-refractivity contribution in [3.63, 3.8) is 0 Å². The second-order valence-corrected chi connectivity index (χ2v) is 6.59. The van der Waals surface area contributed by atoms with E-state index >= 15 is 0 Å². The van der Waals surface area contributed by atoms with Gasteiger partial charge in [-0.25, -0.2) is 4.79 Å². The molecule has 5 heteroatoms. The van der Waals surface area contributed by atoms with Gasteiger partial charge in [0.15, 0.2) is 0 Å². The molecule has 26 heavy (non-hydrogen) atoms. The Bertz CT molecular complexity index is 1040. The fraction of sp³-hybridized carbons (Fsp3) is 0.238. The number of aromatic nitrogens is 2. The molecule has 0 aliphatic heterocycles. The molecule has 3 rings (SSSR count). The zero-order valence-electron chi connectivity index (χ0n) is 14.9. The Morgan fingerprint density at radius 3 is 2.27 bits per heavy atom. The van der Waals surface area contributed by atoms with Crippen LogP contribution in [0.1, 0.15) is 17.7 Å².